The van der Waals surface area contributed by atoms with Gasteiger partial charge in [-0.2, -0.15) is 5.48 Å². The van der Waals surface area contributed by atoms with Crippen molar-refractivity contribution in [1.29, 1.82) is 0 Å². The second-order valence-corrected chi connectivity index (χ2v) is 4.42. The number of carbonyl (C=O) groups is 2. The molecule has 2 N–H and O–H groups in total. The Morgan fingerprint density at radius 1 is 1.80 bits per heavy atom. The number of carbonyl (C=O) groups excluding carboxylic acids is 1. The topological polar surface area (TPSA) is 78.9 Å². The summed E-state index contributed by atoms with van der Waals surface area (Å²) in [5.74, 6) is -1.19. The molecule has 0 bridgehead atoms. The number of carboxylic acid groups (broad SMARTS) is 1. The Kier molecular flexibility index (Phi) is 2.68. The molecule has 0 spiro atoms. The van der Waals surface area contributed by atoms with Crippen LogP contribution in [0.1, 0.15) is 6.42 Å². The Morgan fingerprint density at radius 2 is 2.53 bits per heavy atom. The summed E-state index contributed by atoms with van der Waals surface area (Å²) in [7, 11) is 1.46. The summed E-state index contributed by atoms with van der Waals surface area (Å²) in [6.07, 6.45) is 0.415. The maximum absolute atomic E-state index is 11.2. The molecule has 1 amide bonds. The zero-order chi connectivity index (χ0) is 11.0. The maximum Gasteiger partial charge on any atom is 0.353 e. The number of amides is 1. The molecule has 2 heterocycles. The summed E-state index contributed by atoms with van der Waals surface area (Å²) >= 11 is 1.40. The van der Waals surface area contributed by atoms with Gasteiger partial charge < -0.3 is 9.94 Å². The van der Waals surface area contributed by atoms with Crippen LogP contribution in [0.4, 0.5) is 0 Å². The van der Waals surface area contributed by atoms with E-state index in [2.05, 4.69) is 10.3 Å². The summed E-state index contributed by atoms with van der Waals surface area (Å²) in [5.41, 5.74) is 2.67. The molecule has 0 unspecified atom stereocenters. The number of rotatable bonds is 4. The van der Waals surface area contributed by atoms with Crippen molar-refractivity contribution in [2.75, 3.05) is 13.7 Å². The van der Waals surface area contributed by atoms with Gasteiger partial charge in [0.1, 0.15) is 5.70 Å². The first-order valence-electron chi connectivity index (χ1n) is 4.36. The first-order chi connectivity index (χ1) is 7.15. The minimum Gasteiger partial charge on any atom is -0.477 e. The zero-order valence-electron chi connectivity index (χ0n) is 8.02. The number of fused-ring (bicyclic) bond motifs is 1. The van der Waals surface area contributed by atoms with Crippen molar-refractivity contribution in [2.24, 2.45) is 0 Å². The first-order valence-corrected chi connectivity index (χ1v) is 5.24. The summed E-state index contributed by atoms with van der Waals surface area (Å²) < 4.78 is 0. The lowest BCUT2D eigenvalue weighted by Crippen LogP contribution is -2.48. The predicted molar refractivity (Wildman–Crippen MR) is 52.5 cm³/mol. The van der Waals surface area contributed by atoms with Crippen LogP contribution in [0.15, 0.2) is 10.6 Å². The lowest BCUT2D eigenvalue weighted by Gasteiger charge is -2.33. The van der Waals surface area contributed by atoms with Gasteiger partial charge in [0.25, 0.3) is 0 Å². The molecule has 82 valence electrons. The summed E-state index contributed by atoms with van der Waals surface area (Å²) in [4.78, 5) is 28.8. The Balaban J connectivity index is 2.19. The summed E-state index contributed by atoms with van der Waals surface area (Å²) in [5, 5.41) is 8.96. The van der Waals surface area contributed by atoms with Crippen LogP contribution in [0.2, 0.25) is 0 Å². The number of carboxylic acids is 1. The van der Waals surface area contributed by atoms with Gasteiger partial charge in [0.15, 0.2) is 0 Å². The number of hydrogen-bond acceptors (Lipinski definition) is 5. The van der Waals surface area contributed by atoms with Crippen LogP contribution in [0.3, 0.4) is 0 Å². The molecular weight excluding hydrogens is 220 g/mol. The van der Waals surface area contributed by atoms with Gasteiger partial charge in [0.2, 0.25) is 5.91 Å². The highest BCUT2D eigenvalue weighted by atomic mass is 32.2. The minimum absolute atomic E-state index is 0.0303. The number of nitrogens with zero attached hydrogens (tertiary/aromatic N) is 1. The van der Waals surface area contributed by atoms with Gasteiger partial charge in [0, 0.05) is 4.91 Å². The van der Waals surface area contributed by atoms with Crippen LogP contribution in [0, 0.1) is 0 Å². The lowest BCUT2D eigenvalue weighted by atomic mass is 10.1. The van der Waals surface area contributed by atoms with Crippen LogP contribution in [0.25, 0.3) is 0 Å². The molecule has 0 aliphatic carbocycles. The van der Waals surface area contributed by atoms with Crippen molar-refractivity contribution in [3.8, 4) is 0 Å². The molecule has 2 aliphatic rings. The molecule has 2 aliphatic heterocycles. The molecular formula is C8H10N2O4S. The molecule has 1 atom stereocenters. The highest BCUT2D eigenvalue weighted by Crippen LogP contribution is 2.45. The number of hydrogen-bond donors (Lipinski definition) is 2. The van der Waals surface area contributed by atoms with Gasteiger partial charge in [-0.25, -0.2) is 4.79 Å². The zero-order valence-corrected chi connectivity index (χ0v) is 8.84. The molecule has 1 saturated heterocycles. The van der Waals surface area contributed by atoms with E-state index in [-0.39, 0.29) is 17.0 Å². The normalized spacial score (nSPS) is 24.2. The van der Waals surface area contributed by atoms with Crippen LogP contribution in [-0.2, 0) is 14.4 Å². The molecule has 6 nitrogen and oxygen atoms in total. The maximum atomic E-state index is 11.2. The smallest absolute Gasteiger partial charge is 0.353 e. The molecule has 1 fully saturated rings. The third-order valence-electron chi connectivity index (χ3n) is 2.27. The molecule has 0 radical (unpaired) electrons. The van der Waals surface area contributed by atoms with Crippen molar-refractivity contribution in [3.63, 3.8) is 0 Å². The highest BCUT2D eigenvalue weighted by molar-refractivity contribution is 8.04. The van der Waals surface area contributed by atoms with E-state index in [4.69, 9.17) is 5.11 Å². The minimum atomic E-state index is -1.06. The third kappa shape index (κ3) is 1.62. The molecule has 0 aromatic heterocycles. The quantitative estimate of drug-likeness (QED) is 0.511. The monoisotopic (exact) mass is 230 g/mol. The molecule has 15 heavy (non-hydrogen) atoms. The van der Waals surface area contributed by atoms with Crippen molar-refractivity contribution < 1.29 is 19.5 Å². The number of thioether (sulfide) groups is 1. The summed E-state index contributed by atoms with van der Waals surface area (Å²) in [6.45, 7) is 0.309. The number of β-lactam (4-membered cyclic amide) rings is 1. The Morgan fingerprint density at radius 3 is 3.07 bits per heavy atom. The van der Waals surface area contributed by atoms with Crippen molar-refractivity contribution in [3.05, 3.63) is 10.6 Å². The van der Waals surface area contributed by atoms with Crippen molar-refractivity contribution in [1.82, 2.24) is 10.4 Å². The van der Waals surface area contributed by atoms with Gasteiger partial charge in [-0.3, -0.25) is 9.69 Å². The molecule has 2 rings (SSSR count). The van der Waals surface area contributed by atoms with E-state index < -0.39 is 5.97 Å². The van der Waals surface area contributed by atoms with Gasteiger partial charge in [-0.1, -0.05) is 0 Å². The molecule has 7 heteroatoms. The van der Waals surface area contributed by atoms with Gasteiger partial charge in [-0.15, -0.1) is 11.8 Å². The van der Waals surface area contributed by atoms with E-state index in [0.29, 0.717) is 17.9 Å². The molecule has 0 aromatic carbocycles. The first kappa shape index (κ1) is 10.5. The van der Waals surface area contributed by atoms with E-state index in [0.717, 1.165) is 0 Å². The van der Waals surface area contributed by atoms with Gasteiger partial charge >= 0.3 is 5.97 Å². The molecule has 0 aromatic rings. The van der Waals surface area contributed by atoms with E-state index >= 15 is 0 Å². The van der Waals surface area contributed by atoms with E-state index in [9.17, 15) is 9.59 Å². The summed E-state index contributed by atoms with van der Waals surface area (Å²) in [6, 6.07) is 0. The average Bonchev–Trinajstić information content (AvgIpc) is 2.47. The standard InChI is InChI=1S/C8H10N2O4S/c1-14-9-3-4-7(8(12)13)10-5(11)2-6(10)15-4/h6,9H,2-3H2,1H3,(H,12,13)/t6-/m0/s1. The van der Waals surface area contributed by atoms with E-state index in [1.165, 1.54) is 23.8 Å². The highest BCUT2D eigenvalue weighted by Gasteiger charge is 2.48. The Labute approximate surface area is 90.2 Å². The van der Waals surface area contributed by atoms with Crippen molar-refractivity contribution >= 4 is 23.6 Å². The predicted octanol–water partition coefficient (Wildman–Crippen LogP) is -0.261. The van der Waals surface area contributed by atoms with Crippen LogP contribution >= 0.6 is 11.8 Å². The third-order valence-corrected chi connectivity index (χ3v) is 3.54. The number of hydroxylamine groups is 1. The van der Waals surface area contributed by atoms with Crippen LogP contribution in [-0.4, -0.2) is 40.9 Å². The fourth-order valence-electron chi connectivity index (χ4n) is 1.59. The van der Waals surface area contributed by atoms with Crippen LogP contribution in [0.5, 0.6) is 0 Å². The second-order valence-electron chi connectivity index (χ2n) is 3.14. The largest absolute Gasteiger partial charge is 0.477 e. The number of aliphatic carboxylic acids is 1. The van der Waals surface area contributed by atoms with Crippen LogP contribution < -0.4 is 5.48 Å². The fourth-order valence-corrected chi connectivity index (χ4v) is 2.91. The average molecular weight is 230 g/mol. The van der Waals surface area contributed by atoms with Crippen molar-refractivity contribution in [2.45, 2.75) is 11.8 Å². The van der Waals surface area contributed by atoms with E-state index in [1.807, 2.05) is 0 Å². The van der Waals surface area contributed by atoms with Gasteiger partial charge in [0.05, 0.1) is 25.4 Å². The Bertz CT molecular complexity index is 355. The SMILES string of the molecule is CONCC1=C(C(=O)O)N2C(=O)C[C@@H]2S1. The fraction of sp³-hybridized carbons (Fsp3) is 0.500. The second kappa shape index (κ2) is 3.84. The Hall–Kier alpha value is -1.05. The molecule has 0 saturated carbocycles. The lowest BCUT2D eigenvalue weighted by molar-refractivity contribution is -0.145. The van der Waals surface area contributed by atoms with E-state index in [1.54, 1.807) is 0 Å². The van der Waals surface area contributed by atoms with Gasteiger partial charge in [-0.05, 0) is 0 Å². The number of nitrogens with one attached hydrogen (secondary N) is 1.